The lowest BCUT2D eigenvalue weighted by atomic mass is 9.88. The Bertz CT molecular complexity index is 1020. The molecule has 7 unspecified atom stereocenters. The van der Waals surface area contributed by atoms with Gasteiger partial charge in [0.2, 0.25) is 5.91 Å². The number of carbonyl (C=O) groups excluding carboxylic acids is 1. The summed E-state index contributed by atoms with van der Waals surface area (Å²) < 4.78 is 18.0. The van der Waals surface area contributed by atoms with Gasteiger partial charge in [-0.1, -0.05) is 24.3 Å². The van der Waals surface area contributed by atoms with Gasteiger partial charge in [0.25, 0.3) is 0 Å². The molecule has 0 aromatic carbocycles. The Hall–Kier alpha value is -1.87. The number of nitrogens with zero attached hydrogens (tertiary/aromatic N) is 1. The van der Waals surface area contributed by atoms with Crippen molar-refractivity contribution in [2.75, 3.05) is 19.8 Å². The number of rotatable bonds is 16. The first-order valence-electron chi connectivity index (χ1n) is 16.6. The molecule has 4 rings (SSSR count). The maximum absolute atomic E-state index is 11.8. The lowest BCUT2D eigenvalue weighted by Gasteiger charge is -2.47. The number of aliphatic hydroxyl groups is 6. The first kappa shape index (κ1) is 36.0. The molecule has 1 saturated heterocycles. The summed E-state index contributed by atoms with van der Waals surface area (Å²) in [6.45, 7) is 3.91. The summed E-state index contributed by atoms with van der Waals surface area (Å²) in [5.41, 5.74) is 0. The molecule has 2 saturated carbocycles. The summed E-state index contributed by atoms with van der Waals surface area (Å²) in [5, 5.41) is 65.9. The van der Waals surface area contributed by atoms with Crippen LogP contribution in [0.15, 0.2) is 36.6 Å². The topological polar surface area (TPSA) is 181 Å². The molecule has 2 aliphatic carbocycles. The zero-order chi connectivity index (χ0) is 32.6. The molecule has 0 aromatic heterocycles. The molecule has 0 bridgehead atoms. The Morgan fingerprint density at radius 2 is 1.98 bits per heavy atom. The van der Waals surface area contributed by atoms with Crippen LogP contribution in [0.2, 0.25) is 0 Å². The molecule has 1 amide bonds. The van der Waals surface area contributed by atoms with Crippen LogP contribution in [-0.2, 0) is 19.0 Å². The van der Waals surface area contributed by atoms with E-state index in [1.54, 1.807) is 6.08 Å². The highest BCUT2D eigenvalue weighted by Gasteiger charge is 2.54. The Morgan fingerprint density at radius 1 is 1.20 bits per heavy atom. The van der Waals surface area contributed by atoms with Crippen LogP contribution >= 0.6 is 0 Å². The van der Waals surface area contributed by atoms with E-state index in [0.717, 1.165) is 12.8 Å². The number of aliphatic hydroxyl groups excluding tert-OH is 6. The second kappa shape index (κ2) is 16.8. The van der Waals surface area contributed by atoms with Crippen LogP contribution in [0.1, 0.15) is 71.6 Å². The molecule has 3 fully saturated rings. The van der Waals surface area contributed by atoms with Gasteiger partial charge in [-0.2, -0.15) is 0 Å². The second-order valence-corrected chi connectivity index (χ2v) is 12.9. The van der Waals surface area contributed by atoms with Gasteiger partial charge >= 0.3 is 0 Å². The van der Waals surface area contributed by atoms with Gasteiger partial charge in [-0.15, -0.1) is 0 Å². The van der Waals surface area contributed by atoms with E-state index in [4.69, 9.17) is 14.2 Å². The Morgan fingerprint density at radius 3 is 2.69 bits per heavy atom. The summed E-state index contributed by atoms with van der Waals surface area (Å²) in [4.78, 5) is 14.0. The summed E-state index contributed by atoms with van der Waals surface area (Å²) in [6.07, 6.45) is 9.62. The number of ether oxygens (including phenoxy) is 3. The van der Waals surface area contributed by atoms with Crippen LogP contribution in [0.4, 0.5) is 0 Å². The van der Waals surface area contributed by atoms with Crippen molar-refractivity contribution in [2.24, 2.45) is 11.8 Å². The Balaban J connectivity index is 1.41. The van der Waals surface area contributed by atoms with Crippen molar-refractivity contribution in [3.05, 3.63) is 36.6 Å². The average Bonchev–Trinajstić information content (AvgIpc) is 3.83. The van der Waals surface area contributed by atoms with Crippen LogP contribution in [0, 0.1) is 11.8 Å². The molecule has 12 heteroatoms. The third kappa shape index (κ3) is 9.59. The maximum atomic E-state index is 11.8. The van der Waals surface area contributed by atoms with Crippen molar-refractivity contribution in [1.82, 2.24) is 10.2 Å². The highest BCUT2D eigenvalue weighted by atomic mass is 16.7. The van der Waals surface area contributed by atoms with Crippen molar-refractivity contribution in [3.63, 3.8) is 0 Å². The summed E-state index contributed by atoms with van der Waals surface area (Å²) in [6, 6.07) is 0.512. The summed E-state index contributed by atoms with van der Waals surface area (Å²) >= 11 is 0. The Labute approximate surface area is 266 Å². The number of carbonyl (C=O) groups is 1. The fourth-order valence-electron chi connectivity index (χ4n) is 6.70. The minimum atomic E-state index is -1.75. The van der Waals surface area contributed by atoms with Gasteiger partial charge in [0.1, 0.15) is 30.6 Å². The van der Waals surface area contributed by atoms with Crippen LogP contribution in [0.5, 0.6) is 0 Å². The molecule has 2 aliphatic heterocycles. The number of unbranched alkanes of at least 4 members (excludes halogenated alkanes) is 1. The van der Waals surface area contributed by atoms with Crippen molar-refractivity contribution in [1.29, 1.82) is 0 Å². The molecule has 256 valence electrons. The zero-order valence-electron chi connectivity index (χ0n) is 26.6. The van der Waals surface area contributed by atoms with Gasteiger partial charge in [0, 0.05) is 37.5 Å². The standard InChI is InChI=1S/C33H54N2O10/c1-3-34-28(39)10-7-5-4-6-9-24-23(15-13-22(37)14-16-29-35(21-11-12-21)17-8-18-43-29)25(38)19-26(24)44-33(2)32(42)31(41)30(40)27(20-36)45-33/h4,6,8,13,15,17,21-27,29-32,36-38,40-42H,3,5,7,9-12,14,16,18-20H2,1-2H3,(H,34,39)/t22?,23?,24?,25?,26?,27-,29?,30-,31?,32-,33+/m0/s1. The molecule has 7 N–H and O–H groups in total. The normalized spacial score (nSPS) is 38.0. The SMILES string of the molecule is CCNC(=O)CCCC=CCC1C(O[C@]2(C)O[C@@H](CO)[C@H](O)C(O)[C@@H]2O)CC(O)C1C=CC(O)CCC1OCC=CN1C1CC1. The smallest absolute Gasteiger partial charge is 0.219 e. The minimum absolute atomic E-state index is 0.0153. The van der Waals surface area contributed by atoms with E-state index in [1.807, 2.05) is 31.2 Å². The first-order valence-corrected chi connectivity index (χ1v) is 16.6. The lowest BCUT2D eigenvalue weighted by molar-refractivity contribution is -0.369. The monoisotopic (exact) mass is 638 g/mol. The van der Waals surface area contributed by atoms with Crippen molar-refractivity contribution >= 4 is 5.91 Å². The molecule has 11 atom stereocenters. The van der Waals surface area contributed by atoms with Gasteiger partial charge in [-0.3, -0.25) is 4.79 Å². The molecule has 45 heavy (non-hydrogen) atoms. The van der Waals surface area contributed by atoms with Crippen molar-refractivity contribution < 1.29 is 49.6 Å². The molecule has 0 spiro atoms. The highest BCUT2D eigenvalue weighted by Crippen LogP contribution is 2.42. The molecule has 2 heterocycles. The fraction of sp³-hybridized carbons (Fsp3) is 0.788. The van der Waals surface area contributed by atoms with Crippen LogP contribution in [0.25, 0.3) is 0 Å². The number of amides is 1. The van der Waals surface area contributed by atoms with Gasteiger partial charge in [0.05, 0.1) is 31.5 Å². The van der Waals surface area contributed by atoms with Gasteiger partial charge < -0.3 is 55.1 Å². The number of hydrogen-bond donors (Lipinski definition) is 7. The minimum Gasteiger partial charge on any atom is -0.394 e. The van der Waals surface area contributed by atoms with E-state index in [1.165, 1.54) is 6.92 Å². The molecule has 0 aromatic rings. The van der Waals surface area contributed by atoms with Crippen molar-refractivity contribution in [2.45, 2.75) is 132 Å². The summed E-state index contributed by atoms with van der Waals surface area (Å²) in [5.74, 6) is -2.38. The van der Waals surface area contributed by atoms with Gasteiger partial charge in [0.15, 0.2) is 5.79 Å². The van der Waals surface area contributed by atoms with Gasteiger partial charge in [-0.05, 0) is 70.8 Å². The average molecular weight is 639 g/mol. The van der Waals surface area contributed by atoms with E-state index < -0.39 is 55.1 Å². The van der Waals surface area contributed by atoms with Crippen molar-refractivity contribution in [3.8, 4) is 0 Å². The largest absolute Gasteiger partial charge is 0.394 e. The molecule has 4 aliphatic rings. The number of nitrogens with one attached hydrogen (secondary N) is 1. The van der Waals surface area contributed by atoms with E-state index in [2.05, 4.69) is 16.4 Å². The molecular weight excluding hydrogens is 584 g/mol. The third-order valence-electron chi connectivity index (χ3n) is 9.38. The molecular formula is C33H54N2O10. The van der Waals surface area contributed by atoms with E-state index in [9.17, 15) is 35.4 Å². The Kier molecular flexibility index (Phi) is 13.4. The summed E-state index contributed by atoms with van der Waals surface area (Å²) in [7, 11) is 0. The van der Waals surface area contributed by atoms with Crippen LogP contribution < -0.4 is 5.32 Å². The fourth-order valence-corrected chi connectivity index (χ4v) is 6.70. The molecule has 12 nitrogen and oxygen atoms in total. The number of hydrogen-bond acceptors (Lipinski definition) is 11. The van der Waals surface area contributed by atoms with Crippen LogP contribution in [0.3, 0.4) is 0 Å². The highest BCUT2D eigenvalue weighted by molar-refractivity contribution is 5.75. The van der Waals surface area contributed by atoms with E-state index in [-0.39, 0.29) is 30.4 Å². The predicted molar refractivity (Wildman–Crippen MR) is 165 cm³/mol. The maximum Gasteiger partial charge on any atom is 0.219 e. The third-order valence-corrected chi connectivity index (χ3v) is 9.38. The quantitative estimate of drug-likeness (QED) is 0.0940. The van der Waals surface area contributed by atoms with Gasteiger partial charge in [-0.25, -0.2) is 0 Å². The first-order chi connectivity index (χ1) is 21.6. The number of allylic oxidation sites excluding steroid dienone is 2. The molecule has 0 radical (unpaired) electrons. The van der Waals surface area contributed by atoms with E-state index >= 15 is 0 Å². The van der Waals surface area contributed by atoms with E-state index in [0.29, 0.717) is 57.7 Å². The van der Waals surface area contributed by atoms with Crippen LogP contribution in [-0.4, -0.2) is 122 Å². The zero-order valence-corrected chi connectivity index (χ0v) is 26.6. The lowest BCUT2D eigenvalue weighted by Crippen LogP contribution is -2.65. The predicted octanol–water partition coefficient (Wildman–Crippen LogP) is 0.843. The second-order valence-electron chi connectivity index (χ2n) is 12.9.